The third kappa shape index (κ3) is 11.9. The number of aromatic nitrogens is 2. The van der Waals surface area contributed by atoms with Crippen LogP contribution in [0.3, 0.4) is 0 Å². The van der Waals surface area contributed by atoms with E-state index in [1.165, 1.54) is 129 Å². The maximum Gasteiger partial charge on any atom is 0.256 e. The standard InChI is InChI=1S/C26H51N2/c1-4-7-10-12-14-16-18-20-23-28-25-24-27(26(28)21-9-6-3)22-19-17-15-13-11-8-5-2/h24-25H,4-23H2,1-3H3/q+1. The summed E-state index contributed by atoms with van der Waals surface area (Å²) in [5.41, 5.74) is 0. The van der Waals surface area contributed by atoms with Crippen LogP contribution in [0.5, 0.6) is 0 Å². The molecule has 28 heavy (non-hydrogen) atoms. The highest BCUT2D eigenvalue weighted by molar-refractivity contribution is 4.84. The molecule has 0 bridgehead atoms. The van der Waals surface area contributed by atoms with Crippen LogP contribution in [0.4, 0.5) is 0 Å². The maximum atomic E-state index is 2.56. The maximum absolute atomic E-state index is 2.56. The smallest absolute Gasteiger partial charge is 0.234 e. The highest BCUT2D eigenvalue weighted by atomic mass is 15.1. The molecule has 0 radical (unpaired) electrons. The summed E-state index contributed by atoms with van der Waals surface area (Å²) >= 11 is 0. The SMILES string of the molecule is CCCCCCCCCCn1cc[n+](CCCCCCCCC)c1CCCC. The predicted octanol–water partition coefficient (Wildman–Crippen LogP) is 8.01. The lowest BCUT2D eigenvalue weighted by Crippen LogP contribution is -2.37. The van der Waals surface area contributed by atoms with Gasteiger partial charge in [-0.25, -0.2) is 9.13 Å². The zero-order valence-corrected chi connectivity index (χ0v) is 19.7. The molecule has 0 fully saturated rings. The van der Waals surface area contributed by atoms with Crippen molar-refractivity contribution in [3.8, 4) is 0 Å². The van der Waals surface area contributed by atoms with Crippen molar-refractivity contribution in [3.05, 3.63) is 18.2 Å². The summed E-state index contributed by atoms with van der Waals surface area (Å²) < 4.78 is 5.13. The van der Waals surface area contributed by atoms with Gasteiger partial charge in [0.1, 0.15) is 12.4 Å². The van der Waals surface area contributed by atoms with E-state index in [0.29, 0.717) is 0 Å². The Bertz CT molecular complexity index is 449. The lowest BCUT2D eigenvalue weighted by molar-refractivity contribution is -0.704. The normalized spacial score (nSPS) is 11.4. The van der Waals surface area contributed by atoms with Crippen LogP contribution in [0.25, 0.3) is 0 Å². The first kappa shape index (κ1) is 25.2. The number of hydrogen-bond acceptors (Lipinski definition) is 0. The Morgan fingerprint density at radius 1 is 0.607 bits per heavy atom. The molecule has 1 rings (SSSR count). The van der Waals surface area contributed by atoms with Crippen molar-refractivity contribution in [2.75, 3.05) is 0 Å². The first-order valence-corrected chi connectivity index (χ1v) is 12.9. The number of aryl methyl sites for hydroxylation is 2. The van der Waals surface area contributed by atoms with E-state index in [0.717, 1.165) is 0 Å². The van der Waals surface area contributed by atoms with Gasteiger partial charge in [-0.2, -0.15) is 0 Å². The molecule has 0 atom stereocenters. The number of unbranched alkanes of at least 4 members (excludes halogenated alkanes) is 14. The molecule has 0 unspecified atom stereocenters. The summed E-state index contributed by atoms with van der Waals surface area (Å²) in [7, 11) is 0. The lowest BCUT2D eigenvalue weighted by atomic mass is 10.1. The molecule has 1 heterocycles. The van der Waals surface area contributed by atoms with Crippen LogP contribution < -0.4 is 4.57 Å². The van der Waals surface area contributed by atoms with Crippen molar-refractivity contribution >= 4 is 0 Å². The van der Waals surface area contributed by atoms with E-state index < -0.39 is 0 Å². The molecule has 164 valence electrons. The van der Waals surface area contributed by atoms with Gasteiger partial charge in [-0.1, -0.05) is 97.8 Å². The predicted molar refractivity (Wildman–Crippen MR) is 124 cm³/mol. The highest BCUT2D eigenvalue weighted by Gasteiger charge is 2.16. The Balaban J connectivity index is 2.30. The van der Waals surface area contributed by atoms with Gasteiger partial charge >= 0.3 is 0 Å². The van der Waals surface area contributed by atoms with Gasteiger partial charge in [0, 0.05) is 6.42 Å². The molecule has 0 spiro atoms. The molecule has 0 N–H and O–H groups in total. The van der Waals surface area contributed by atoms with E-state index in [2.05, 4.69) is 42.3 Å². The molecular weight excluding hydrogens is 340 g/mol. The number of rotatable bonds is 20. The third-order valence-corrected chi connectivity index (χ3v) is 6.10. The number of hydrogen-bond donors (Lipinski definition) is 0. The number of imidazole rings is 1. The fraction of sp³-hybridized carbons (Fsp3) is 0.885. The first-order valence-electron chi connectivity index (χ1n) is 12.9. The number of nitrogens with zero attached hydrogens (tertiary/aromatic N) is 2. The van der Waals surface area contributed by atoms with Crippen LogP contribution in [0, 0.1) is 0 Å². The van der Waals surface area contributed by atoms with Crippen LogP contribution in [-0.2, 0) is 19.5 Å². The van der Waals surface area contributed by atoms with E-state index in [1.54, 1.807) is 5.82 Å². The molecular formula is C26H51N2+. The van der Waals surface area contributed by atoms with E-state index >= 15 is 0 Å². The van der Waals surface area contributed by atoms with Gasteiger partial charge < -0.3 is 0 Å². The van der Waals surface area contributed by atoms with Gasteiger partial charge in [-0.3, -0.25) is 0 Å². The van der Waals surface area contributed by atoms with Gasteiger partial charge in [-0.15, -0.1) is 0 Å². The van der Waals surface area contributed by atoms with Gasteiger partial charge in [0.2, 0.25) is 0 Å². The van der Waals surface area contributed by atoms with Crippen molar-refractivity contribution in [1.82, 2.24) is 4.57 Å². The summed E-state index contributed by atoms with van der Waals surface area (Å²) in [5.74, 6) is 1.58. The average molecular weight is 392 g/mol. The minimum Gasteiger partial charge on any atom is -0.234 e. The molecule has 2 heteroatoms. The highest BCUT2D eigenvalue weighted by Crippen LogP contribution is 2.11. The topological polar surface area (TPSA) is 8.81 Å². The van der Waals surface area contributed by atoms with E-state index in [-0.39, 0.29) is 0 Å². The summed E-state index contributed by atoms with van der Waals surface area (Å²) in [6.45, 7) is 9.35. The molecule has 0 aromatic carbocycles. The first-order chi connectivity index (χ1) is 13.8. The molecule has 0 aliphatic heterocycles. The van der Waals surface area contributed by atoms with Gasteiger partial charge in [0.15, 0.2) is 0 Å². The Hall–Kier alpha value is -0.790. The minimum atomic E-state index is 1.22. The second-order valence-corrected chi connectivity index (χ2v) is 8.80. The Labute approximate surface area is 177 Å². The molecule has 0 saturated heterocycles. The molecule has 2 nitrogen and oxygen atoms in total. The Morgan fingerprint density at radius 2 is 1.11 bits per heavy atom. The van der Waals surface area contributed by atoms with Crippen LogP contribution >= 0.6 is 0 Å². The monoisotopic (exact) mass is 391 g/mol. The second-order valence-electron chi connectivity index (χ2n) is 8.80. The van der Waals surface area contributed by atoms with Crippen LogP contribution in [-0.4, -0.2) is 4.57 Å². The van der Waals surface area contributed by atoms with Crippen LogP contribution in [0.2, 0.25) is 0 Å². The van der Waals surface area contributed by atoms with E-state index in [4.69, 9.17) is 0 Å². The van der Waals surface area contributed by atoms with Gasteiger partial charge in [0.05, 0.1) is 13.1 Å². The van der Waals surface area contributed by atoms with Crippen molar-refractivity contribution in [2.24, 2.45) is 0 Å². The van der Waals surface area contributed by atoms with E-state index in [9.17, 15) is 0 Å². The second kappa shape index (κ2) is 18.3. The van der Waals surface area contributed by atoms with Crippen molar-refractivity contribution in [3.63, 3.8) is 0 Å². The fourth-order valence-corrected chi connectivity index (χ4v) is 4.18. The molecule has 0 saturated carbocycles. The Kier molecular flexibility index (Phi) is 16.5. The molecule has 1 aromatic heterocycles. The van der Waals surface area contributed by atoms with Crippen LogP contribution in [0.1, 0.15) is 136 Å². The van der Waals surface area contributed by atoms with Crippen molar-refractivity contribution in [2.45, 2.75) is 149 Å². The zero-order chi connectivity index (χ0) is 20.3. The van der Waals surface area contributed by atoms with Crippen molar-refractivity contribution < 1.29 is 4.57 Å². The fourth-order valence-electron chi connectivity index (χ4n) is 4.18. The van der Waals surface area contributed by atoms with Crippen molar-refractivity contribution in [1.29, 1.82) is 0 Å². The van der Waals surface area contributed by atoms with Gasteiger partial charge in [-0.05, 0) is 32.1 Å². The molecule has 0 aliphatic carbocycles. The average Bonchev–Trinajstić information content (AvgIpc) is 3.09. The Morgan fingerprint density at radius 3 is 1.68 bits per heavy atom. The molecule has 0 amide bonds. The van der Waals surface area contributed by atoms with Gasteiger partial charge in [0.25, 0.3) is 5.82 Å². The summed E-state index contributed by atoms with van der Waals surface area (Å²) in [4.78, 5) is 0. The quantitative estimate of drug-likeness (QED) is 0.157. The lowest BCUT2D eigenvalue weighted by Gasteiger charge is -2.06. The molecule has 1 aromatic rings. The summed E-state index contributed by atoms with van der Waals surface area (Å²) in [6.07, 6.45) is 29.6. The minimum absolute atomic E-state index is 1.22. The summed E-state index contributed by atoms with van der Waals surface area (Å²) in [6, 6.07) is 0. The third-order valence-electron chi connectivity index (χ3n) is 6.10. The van der Waals surface area contributed by atoms with E-state index in [1.807, 2.05) is 0 Å². The zero-order valence-electron chi connectivity index (χ0n) is 19.7. The summed E-state index contributed by atoms with van der Waals surface area (Å²) in [5, 5.41) is 0. The van der Waals surface area contributed by atoms with Crippen LogP contribution in [0.15, 0.2) is 12.4 Å². The molecule has 0 aliphatic rings. The largest absolute Gasteiger partial charge is 0.256 e.